The second-order valence-corrected chi connectivity index (χ2v) is 6.16. The third kappa shape index (κ3) is 3.45. The van der Waals surface area contributed by atoms with Gasteiger partial charge in [0.1, 0.15) is 11.6 Å². The molecule has 0 radical (unpaired) electrons. The van der Waals surface area contributed by atoms with Crippen LogP contribution in [0.4, 0.5) is 0 Å². The minimum Gasteiger partial charge on any atom is -0.497 e. The number of hydrogen-bond acceptors (Lipinski definition) is 3. The Hall–Kier alpha value is -2.30. The van der Waals surface area contributed by atoms with E-state index in [0.29, 0.717) is 0 Å². The van der Waals surface area contributed by atoms with Gasteiger partial charge < -0.3 is 15.0 Å². The molecule has 24 heavy (non-hydrogen) atoms. The highest BCUT2D eigenvalue weighted by Gasteiger charge is 2.15. The molecule has 2 aromatic carbocycles. The minimum absolute atomic E-state index is 0.176. The van der Waals surface area contributed by atoms with Crippen LogP contribution in [0.2, 0.25) is 5.02 Å². The van der Waals surface area contributed by atoms with Gasteiger partial charge in [-0.05, 0) is 41.8 Å². The monoisotopic (exact) mass is 341 g/mol. The van der Waals surface area contributed by atoms with Crippen LogP contribution in [0.25, 0.3) is 11.3 Å². The first kappa shape index (κ1) is 16.6. The maximum Gasteiger partial charge on any atom is 0.126 e. The fourth-order valence-electron chi connectivity index (χ4n) is 2.76. The first-order valence-electron chi connectivity index (χ1n) is 7.74. The van der Waals surface area contributed by atoms with Crippen LogP contribution in [-0.4, -0.2) is 16.7 Å². The summed E-state index contributed by atoms with van der Waals surface area (Å²) in [5.41, 5.74) is 9.62. The number of nitrogens with zero attached hydrogens (tertiary/aromatic N) is 2. The second-order valence-electron chi connectivity index (χ2n) is 5.73. The predicted octanol–water partition coefficient (Wildman–Crippen LogP) is 3.99. The van der Waals surface area contributed by atoms with Gasteiger partial charge in [-0.25, -0.2) is 4.98 Å². The largest absolute Gasteiger partial charge is 0.497 e. The smallest absolute Gasteiger partial charge is 0.126 e. The number of nitrogens with two attached hydrogens (primary N) is 1. The standard InChI is InChI=1S/C19H20ClN3O/c1-23-18(14-5-7-15(20)8-6-14)12-22-19(23)17(21)11-13-3-9-16(24-2)10-4-13/h3-10,12,17H,11,21H2,1-2H3/t17-/m0/s1. The number of methoxy groups -OCH3 is 1. The Balaban J connectivity index is 1.80. The first-order chi connectivity index (χ1) is 11.6. The highest BCUT2D eigenvalue weighted by molar-refractivity contribution is 6.30. The lowest BCUT2D eigenvalue weighted by Gasteiger charge is -2.13. The molecule has 0 amide bonds. The third-order valence-electron chi connectivity index (χ3n) is 4.11. The fourth-order valence-corrected chi connectivity index (χ4v) is 2.89. The fraction of sp³-hybridized carbons (Fsp3) is 0.211. The van der Waals surface area contributed by atoms with Crippen LogP contribution < -0.4 is 10.5 Å². The van der Waals surface area contributed by atoms with Gasteiger partial charge in [0, 0.05) is 12.1 Å². The molecule has 1 aromatic heterocycles. The Morgan fingerprint density at radius 3 is 2.42 bits per heavy atom. The number of imidazole rings is 1. The molecule has 0 spiro atoms. The molecule has 0 unspecified atom stereocenters. The first-order valence-corrected chi connectivity index (χ1v) is 8.12. The van der Waals surface area contributed by atoms with Gasteiger partial charge in [-0.15, -0.1) is 0 Å². The van der Waals surface area contributed by atoms with Gasteiger partial charge in [-0.3, -0.25) is 0 Å². The van der Waals surface area contributed by atoms with Crippen molar-refractivity contribution in [3.63, 3.8) is 0 Å². The van der Waals surface area contributed by atoms with Crippen LogP contribution in [0, 0.1) is 0 Å². The summed E-state index contributed by atoms with van der Waals surface area (Å²) in [4.78, 5) is 4.52. The molecule has 0 fully saturated rings. The Morgan fingerprint density at radius 1 is 1.12 bits per heavy atom. The minimum atomic E-state index is -0.176. The summed E-state index contributed by atoms with van der Waals surface area (Å²) in [6.07, 6.45) is 2.57. The van der Waals surface area contributed by atoms with E-state index in [9.17, 15) is 0 Å². The van der Waals surface area contributed by atoms with Crippen LogP contribution in [0.5, 0.6) is 5.75 Å². The van der Waals surface area contributed by atoms with E-state index in [4.69, 9.17) is 22.1 Å². The summed E-state index contributed by atoms with van der Waals surface area (Å²) < 4.78 is 7.22. The van der Waals surface area contributed by atoms with Gasteiger partial charge in [0.05, 0.1) is 25.0 Å². The van der Waals surface area contributed by atoms with Crippen molar-refractivity contribution in [3.05, 3.63) is 71.1 Å². The van der Waals surface area contributed by atoms with E-state index < -0.39 is 0 Å². The highest BCUT2D eigenvalue weighted by atomic mass is 35.5. The second kappa shape index (κ2) is 7.07. The average molecular weight is 342 g/mol. The summed E-state index contributed by atoms with van der Waals surface area (Å²) in [5, 5.41) is 0.720. The zero-order valence-corrected chi connectivity index (χ0v) is 14.5. The van der Waals surface area contributed by atoms with Gasteiger partial charge >= 0.3 is 0 Å². The maximum absolute atomic E-state index is 6.38. The molecule has 0 saturated carbocycles. The molecule has 0 aliphatic carbocycles. The molecule has 1 atom stereocenters. The molecule has 5 heteroatoms. The molecule has 3 rings (SSSR count). The molecule has 2 N–H and O–H groups in total. The van der Waals surface area contributed by atoms with Crippen LogP contribution in [-0.2, 0) is 13.5 Å². The number of aromatic nitrogens is 2. The van der Waals surface area contributed by atoms with E-state index in [1.165, 1.54) is 0 Å². The van der Waals surface area contributed by atoms with Crippen molar-refractivity contribution in [1.82, 2.24) is 9.55 Å². The van der Waals surface area contributed by atoms with Crippen molar-refractivity contribution in [2.75, 3.05) is 7.11 Å². The van der Waals surface area contributed by atoms with Crippen molar-refractivity contribution in [2.24, 2.45) is 12.8 Å². The quantitative estimate of drug-likeness (QED) is 0.763. The van der Waals surface area contributed by atoms with Gasteiger partial charge in [-0.2, -0.15) is 0 Å². The Morgan fingerprint density at radius 2 is 1.79 bits per heavy atom. The highest BCUT2D eigenvalue weighted by Crippen LogP contribution is 2.25. The van der Waals surface area contributed by atoms with Crippen LogP contribution in [0.1, 0.15) is 17.4 Å². The molecular weight excluding hydrogens is 322 g/mol. The molecule has 0 bridgehead atoms. The van der Waals surface area contributed by atoms with Crippen LogP contribution in [0.15, 0.2) is 54.7 Å². The van der Waals surface area contributed by atoms with E-state index in [-0.39, 0.29) is 6.04 Å². The molecule has 0 aliphatic rings. The van der Waals surface area contributed by atoms with E-state index in [1.54, 1.807) is 7.11 Å². The van der Waals surface area contributed by atoms with Crippen molar-refractivity contribution in [3.8, 4) is 17.0 Å². The Bertz CT molecular complexity index is 810. The van der Waals surface area contributed by atoms with E-state index >= 15 is 0 Å². The molecule has 124 valence electrons. The summed E-state index contributed by atoms with van der Waals surface area (Å²) in [5.74, 6) is 1.70. The van der Waals surface area contributed by atoms with Gasteiger partial charge in [0.15, 0.2) is 0 Å². The SMILES string of the molecule is COc1ccc(C[C@H](N)c2ncc(-c3ccc(Cl)cc3)n2C)cc1. The van der Waals surface area contributed by atoms with Crippen LogP contribution in [0.3, 0.4) is 0 Å². The molecule has 0 aliphatic heterocycles. The molecule has 0 saturated heterocycles. The van der Waals surface area contributed by atoms with Gasteiger partial charge in [0.2, 0.25) is 0 Å². The van der Waals surface area contributed by atoms with Crippen molar-refractivity contribution in [2.45, 2.75) is 12.5 Å². The average Bonchev–Trinajstić information content (AvgIpc) is 2.98. The zero-order valence-electron chi connectivity index (χ0n) is 13.7. The summed E-state index contributed by atoms with van der Waals surface area (Å²) >= 11 is 5.96. The Labute approximate surface area is 146 Å². The summed E-state index contributed by atoms with van der Waals surface area (Å²) in [7, 11) is 3.65. The van der Waals surface area contributed by atoms with Crippen molar-refractivity contribution < 1.29 is 4.74 Å². The van der Waals surface area contributed by atoms with Crippen molar-refractivity contribution in [1.29, 1.82) is 0 Å². The lowest BCUT2D eigenvalue weighted by Crippen LogP contribution is -2.18. The lowest BCUT2D eigenvalue weighted by molar-refractivity contribution is 0.414. The predicted molar refractivity (Wildman–Crippen MR) is 97.3 cm³/mol. The van der Waals surface area contributed by atoms with Gasteiger partial charge in [0.25, 0.3) is 0 Å². The Kier molecular flexibility index (Phi) is 4.88. The van der Waals surface area contributed by atoms with E-state index in [0.717, 1.165) is 39.8 Å². The van der Waals surface area contributed by atoms with E-state index in [2.05, 4.69) is 4.98 Å². The molecule has 1 heterocycles. The van der Waals surface area contributed by atoms with Gasteiger partial charge in [-0.1, -0.05) is 35.9 Å². The topological polar surface area (TPSA) is 53.1 Å². The number of hydrogen-bond donors (Lipinski definition) is 1. The summed E-state index contributed by atoms with van der Waals surface area (Å²) in [6, 6.07) is 15.5. The third-order valence-corrected chi connectivity index (χ3v) is 4.36. The number of ether oxygens (including phenoxy) is 1. The normalized spacial score (nSPS) is 12.2. The summed E-state index contributed by atoms with van der Waals surface area (Å²) in [6.45, 7) is 0. The lowest BCUT2D eigenvalue weighted by atomic mass is 10.1. The maximum atomic E-state index is 6.38. The molecule has 4 nitrogen and oxygen atoms in total. The zero-order chi connectivity index (χ0) is 17.1. The van der Waals surface area contributed by atoms with Crippen molar-refractivity contribution >= 4 is 11.6 Å². The van der Waals surface area contributed by atoms with Crippen LogP contribution >= 0.6 is 11.6 Å². The van der Waals surface area contributed by atoms with E-state index in [1.807, 2.05) is 66.3 Å². The number of halogens is 1. The number of benzene rings is 2. The molecular formula is C19H20ClN3O. The number of rotatable bonds is 5. The molecule has 3 aromatic rings.